The molecule has 0 fully saturated rings. The van der Waals surface area contributed by atoms with Crippen molar-refractivity contribution >= 4 is 7.82 Å². The van der Waals surface area contributed by atoms with Crippen molar-refractivity contribution < 1.29 is 41.6 Å². The molecule has 0 heterocycles. The first-order chi connectivity index (χ1) is 8.79. The molecule has 0 unspecified atom stereocenters. The first-order valence-corrected chi connectivity index (χ1v) is 6.88. The summed E-state index contributed by atoms with van der Waals surface area (Å²) in [5, 5.41) is 0. The third kappa shape index (κ3) is 19.4. The van der Waals surface area contributed by atoms with Crippen molar-refractivity contribution in [2.24, 2.45) is 0 Å². The van der Waals surface area contributed by atoms with E-state index < -0.39 is 7.82 Å². The second kappa shape index (κ2) is 11.8. The molecule has 0 aliphatic carbocycles. The second-order valence-electron chi connectivity index (χ2n) is 3.48. The summed E-state index contributed by atoms with van der Waals surface area (Å²) in [4.78, 5) is 21.6. The molecular weight excluding hydrogens is 371 g/mol. The van der Waals surface area contributed by atoms with E-state index in [1.165, 1.54) is 0 Å². The van der Waals surface area contributed by atoms with Gasteiger partial charge >= 0.3 is 7.82 Å². The van der Waals surface area contributed by atoms with E-state index in [0.29, 0.717) is 0 Å². The van der Waals surface area contributed by atoms with E-state index in [1.807, 2.05) is 60.7 Å². The molecule has 0 saturated carbocycles. The van der Waals surface area contributed by atoms with Gasteiger partial charge in [0.05, 0.1) is 0 Å². The van der Waals surface area contributed by atoms with E-state index in [4.69, 9.17) is 19.2 Å². The molecule has 0 bridgehead atoms. The number of hydrogen-bond donors (Lipinski definition) is 3. The summed E-state index contributed by atoms with van der Waals surface area (Å²) in [5.74, 6) is 0. The van der Waals surface area contributed by atoms with Gasteiger partial charge < -0.3 is 14.7 Å². The zero-order valence-electron chi connectivity index (χ0n) is 10.7. The van der Waals surface area contributed by atoms with Crippen molar-refractivity contribution in [1.29, 1.82) is 0 Å². The fourth-order valence-corrected chi connectivity index (χ4v) is 0.956. The van der Waals surface area contributed by atoms with Gasteiger partial charge in [-0.1, -0.05) is 12.1 Å². The van der Waals surface area contributed by atoms with Gasteiger partial charge in [-0.2, -0.15) is 49.2 Å². The Morgan fingerprint density at radius 2 is 0.900 bits per heavy atom. The summed E-state index contributed by atoms with van der Waals surface area (Å²) in [5.41, 5.74) is 2.14. The van der Waals surface area contributed by atoms with Gasteiger partial charge in [0, 0.05) is 22.4 Å². The molecule has 6 heteroatoms. The van der Waals surface area contributed by atoms with Crippen LogP contribution < -0.4 is 0 Å². The molecular formula is C14H17AgO4P-2. The van der Waals surface area contributed by atoms with Crippen LogP contribution in [-0.2, 0) is 26.9 Å². The summed E-state index contributed by atoms with van der Waals surface area (Å²) < 4.78 is 8.88. The van der Waals surface area contributed by atoms with Gasteiger partial charge in [0.15, 0.2) is 0 Å². The van der Waals surface area contributed by atoms with Gasteiger partial charge in [0.2, 0.25) is 0 Å². The minimum absolute atomic E-state index is 0. The Hall–Kier alpha value is -0.970. The molecule has 3 N–H and O–H groups in total. The minimum atomic E-state index is -4.64. The molecule has 0 atom stereocenters. The van der Waals surface area contributed by atoms with Crippen LogP contribution in [0.2, 0.25) is 0 Å². The monoisotopic (exact) mass is 387 g/mol. The summed E-state index contributed by atoms with van der Waals surface area (Å²) in [7, 11) is -4.64. The smallest absolute Gasteiger partial charge is 0.303 e. The molecule has 0 spiro atoms. The quantitative estimate of drug-likeness (QED) is 0.369. The average molecular weight is 388 g/mol. The van der Waals surface area contributed by atoms with Crippen molar-refractivity contribution in [2.75, 3.05) is 0 Å². The maximum Gasteiger partial charge on any atom is 0.466 e. The van der Waals surface area contributed by atoms with Gasteiger partial charge in [0.25, 0.3) is 0 Å². The van der Waals surface area contributed by atoms with E-state index in [2.05, 4.69) is 13.8 Å². The Kier molecular flexibility index (Phi) is 12.6. The Morgan fingerprint density at radius 1 is 0.700 bits per heavy atom. The summed E-state index contributed by atoms with van der Waals surface area (Å²) >= 11 is 0. The van der Waals surface area contributed by atoms with Gasteiger partial charge in [-0.15, -0.1) is 24.3 Å². The van der Waals surface area contributed by atoms with Crippen molar-refractivity contribution in [3.8, 4) is 0 Å². The number of benzene rings is 2. The van der Waals surface area contributed by atoms with Crippen molar-refractivity contribution in [3.63, 3.8) is 0 Å². The molecule has 2 rings (SSSR count). The number of rotatable bonds is 0. The van der Waals surface area contributed by atoms with Gasteiger partial charge in [-0.25, -0.2) is 4.57 Å². The average Bonchev–Trinajstić information content (AvgIpc) is 2.29. The van der Waals surface area contributed by atoms with Crippen molar-refractivity contribution in [1.82, 2.24) is 0 Å². The Labute approximate surface area is 135 Å². The Morgan fingerprint density at radius 3 is 1.00 bits per heavy atom. The predicted molar refractivity (Wildman–Crippen MR) is 76.1 cm³/mol. The van der Waals surface area contributed by atoms with Crippen LogP contribution in [-0.4, -0.2) is 14.7 Å². The van der Waals surface area contributed by atoms with Crippen LogP contribution in [0.5, 0.6) is 0 Å². The van der Waals surface area contributed by atoms with Crippen LogP contribution in [0.15, 0.2) is 60.7 Å². The standard InChI is InChI=1S/2C7H7.Ag.H3O4P/c2*1-7-5-3-2-4-6-7;;1-5(2,3)4/h2*2-6H,1H2;;(H3,1,2,3,4)/q2*-1;;. The fourth-order valence-electron chi connectivity index (χ4n) is 0.956. The van der Waals surface area contributed by atoms with Crippen LogP contribution in [0.3, 0.4) is 0 Å². The van der Waals surface area contributed by atoms with Crippen molar-refractivity contribution in [2.45, 2.75) is 0 Å². The van der Waals surface area contributed by atoms with Crippen LogP contribution >= 0.6 is 7.82 Å². The van der Waals surface area contributed by atoms with E-state index in [1.54, 1.807) is 0 Å². The second-order valence-corrected chi connectivity index (χ2v) is 4.51. The van der Waals surface area contributed by atoms with E-state index in [0.717, 1.165) is 11.1 Å². The van der Waals surface area contributed by atoms with Crippen LogP contribution in [0.1, 0.15) is 11.1 Å². The molecule has 2 aromatic rings. The molecule has 0 aliphatic rings. The summed E-state index contributed by atoms with van der Waals surface area (Å²) in [6, 6.07) is 19.7. The normalized spacial score (nSPS) is 8.95. The molecule has 0 amide bonds. The third-order valence-corrected chi connectivity index (χ3v) is 1.69. The molecule has 0 aliphatic heterocycles. The van der Waals surface area contributed by atoms with E-state index in [9.17, 15) is 0 Å². The predicted octanol–water partition coefficient (Wildman–Crippen LogP) is 2.81. The molecule has 4 nitrogen and oxygen atoms in total. The number of phosphoric acid groups is 1. The van der Waals surface area contributed by atoms with Crippen LogP contribution in [0, 0.1) is 13.8 Å². The van der Waals surface area contributed by atoms with Gasteiger partial charge in [0.1, 0.15) is 0 Å². The van der Waals surface area contributed by atoms with E-state index >= 15 is 0 Å². The zero-order valence-corrected chi connectivity index (χ0v) is 13.1. The molecule has 0 saturated heterocycles. The van der Waals surface area contributed by atoms with Gasteiger partial charge in [-0.3, -0.25) is 0 Å². The topological polar surface area (TPSA) is 77.8 Å². The maximum atomic E-state index is 8.88. The van der Waals surface area contributed by atoms with Gasteiger partial charge in [-0.05, 0) is 0 Å². The largest absolute Gasteiger partial charge is 0.466 e. The molecule has 1 radical (unpaired) electrons. The Bertz CT molecular complexity index is 439. The molecule has 2 aromatic carbocycles. The first-order valence-electron chi connectivity index (χ1n) is 5.31. The maximum absolute atomic E-state index is 8.88. The number of hydrogen-bond acceptors (Lipinski definition) is 1. The molecule has 20 heavy (non-hydrogen) atoms. The zero-order chi connectivity index (χ0) is 14.7. The fraction of sp³-hybridized carbons (Fsp3) is 0. The summed E-state index contributed by atoms with van der Waals surface area (Å²) in [6.45, 7) is 7.44. The summed E-state index contributed by atoms with van der Waals surface area (Å²) in [6.07, 6.45) is 0. The first kappa shape index (κ1) is 21.3. The Balaban J connectivity index is 0. The SMILES string of the molecule is O=P(O)(O)O.[Ag].[CH2-]c1ccccc1.[CH2-]c1ccccc1. The molecule has 115 valence electrons. The van der Waals surface area contributed by atoms with Crippen LogP contribution in [0.25, 0.3) is 0 Å². The van der Waals surface area contributed by atoms with E-state index in [-0.39, 0.29) is 22.4 Å². The molecule has 0 aromatic heterocycles. The minimum Gasteiger partial charge on any atom is -0.303 e. The van der Waals surface area contributed by atoms with Crippen LogP contribution in [0.4, 0.5) is 0 Å². The third-order valence-electron chi connectivity index (χ3n) is 1.69. The van der Waals surface area contributed by atoms with Crippen molar-refractivity contribution in [3.05, 3.63) is 85.6 Å².